The third-order valence-corrected chi connectivity index (χ3v) is 5.54. The van der Waals surface area contributed by atoms with E-state index >= 15 is 0 Å². The van der Waals surface area contributed by atoms with Crippen molar-refractivity contribution in [3.05, 3.63) is 45.8 Å². The SMILES string of the molecule is CCC(=O)COc1cc2cc(Nc3nc(N4CCOCC4)ncc3Cl)ccc2n(C)c1=O. The van der Waals surface area contributed by atoms with Crippen LogP contribution in [0.3, 0.4) is 0 Å². The molecule has 0 saturated carbocycles. The van der Waals surface area contributed by atoms with E-state index < -0.39 is 0 Å². The maximum Gasteiger partial charge on any atom is 0.293 e. The van der Waals surface area contributed by atoms with Crippen LogP contribution >= 0.6 is 11.6 Å². The van der Waals surface area contributed by atoms with Gasteiger partial charge in [0.2, 0.25) is 5.95 Å². The molecule has 0 unspecified atom stereocenters. The number of hydrogen-bond donors (Lipinski definition) is 1. The number of ketones is 1. The van der Waals surface area contributed by atoms with Gasteiger partial charge in [-0.2, -0.15) is 4.98 Å². The highest BCUT2D eigenvalue weighted by Crippen LogP contribution is 2.27. The first kappa shape index (κ1) is 22.0. The summed E-state index contributed by atoms with van der Waals surface area (Å²) in [5.41, 5.74) is 1.17. The normalized spacial score (nSPS) is 13.9. The monoisotopic (exact) mass is 457 g/mol. The van der Waals surface area contributed by atoms with Crippen LogP contribution in [-0.4, -0.2) is 53.2 Å². The Morgan fingerprint density at radius 3 is 2.81 bits per heavy atom. The molecule has 2 aromatic heterocycles. The number of aromatic nitrogens is 3. The van der Waals surface area contributed by atoms with Gasteiger partial charge in [0.05, 0.1) is 24.9 Å². The first-order valence-electron chi connectivity index (χ1n) is 10.4. The maximum absolute atomic E-state index is 12.6. The summed E-state index contributed by atoms with van der Waals surface area (Å²) in [6, 6.07) is 7.19. The Hall–Kier alpha value is -3.17. The van der Waals surface area contributed by atoms with E-state index in [-0.39, 0.29) is 23.7 Å². The number of nitrogens with zero attached hydrogens (tertiary/aromatic N) is 4. The molecule has 1 aromatic carbocycles. The van der Waals surface area contributed by atoms with Crippen molar-refractivity contribution in [1.29, 1.82) is 0 Å². The minimum Gasteiger partial charge on any atom is -0.480 e. The highest BCUT2D eigenvalue weighted by Gasteiger charge is 2.16. The van der Waals surface area contributed by atoms with Crippen molar-refractivity contribution >= 4 is 45.7 Å². The summed E-state index contributed by atoms with van der Waals surface area (Å²) in [7, 11) is 1.67. The summed E-state index contributed by atoms with van der Waals surface area (Å²) in [4.78, 5) is 35.1. The fraction of sp³-hybridized carbons (Fsp3) is 0.364. The van der Waals surface area contributed by atoms with E-state index in [4.69, 9.17) is 21.1 Å². The molecule has 4 rings (SSSR count). The van der Waals surface area contributed by atoms with Crippen molar-refractivity contribution in [3.63, 3.8) is 0 Å². The van der Waals surface area contributed by atoms with Crippen LogP contribution in [0.15, 0.2) is 35.3 Å². The van der Waals surface area contributed by atoms with Gasteiger partial charge in [-0.3, -0.25) is 9.59 Å². The highest BCUT2D eigenvalue weighted by atomic mass is 35.5. The molecule has 0 radical (unpaired) electrons. The number of Topliss-reactive ketones (excluding diaryl/α,β-unsaturated/α-hetero) is 1. The Morgan fingerprint density at radius 1 is 1.28 bits per heavy atom. The first-order valence-corrected chi connectivity index (χ1v) is 10.7. The lowest BCUT2D eigenvalue weighted by atomic mass is 10.2. The van der Waals surface area contributed by atoms with Crippen LogP contribution in [0.5, 0.6) is 5.75 Å². The Balaban J connectivity index is 1.63. The number of benzene rings is 1. The average Bonchev–Trinajstić information content (AvgIpc) is 2.82. The Labute approximate surface area is 189 Å². The molecule has 32 heavy (non-hydrogen) atoms. The van der Waals surface area contributed by atoms with Gasteiger partial charge in [-0.25, -0.2) is 4.98 Å². The fourth-order valence-corrected chi connectivity index (χ4v) is 3.53. The average molecular weight is 458 g/mol. The number of halogens is 1. The predicted octanol–water partition coefficient (Wildman–Crippen LogP) is 2.92. The molecule has 0 bridgehead atoms. The quantitative estimate of drug-likeness (QED) is 0.578. The van der Waals surface area contributed by atoms with Crippen LogP contribution in [0, 0.1) is 0 Å². The fourth-order valence-electron chi connectivity index (χ4n) is 3.39. The molecule has 0 aliphatic carbocycles. The van der Waals surface area contributed by atoms with Gasteiger partial charge in [0.15, 0.2) is 17.4 Å². The molecule has 0 amide bonds. The van der Waals surface area contributed by atoms with Gasteiger partial charge in [0.25, 0.3) is 5.56 Å². The Bertz CT molecular complexity index is 1210. The van der Waals surface area contributed by atoms with E-state index in [0.29, 0.717) is 49.5 Å². The molecule has 3 heterocycles. The molecule has 168 valence electrons. The van der Waals surface area contributed by atoms with E-state index in [9.17, 15) is 9.59 Å². The highest BCUT2D eigenvalue weighted by molar-refractivity contribution is 6.32. The number of nitrogens with one attached hydrogen (secondary N) is 1. The molecular formula is C22H24ClN5O4. The minimum absolute atomic E-state index is 0.0722. The second kappa shape index (κ2) is 9.54. The number of carbonyl (C=O) groups is 1. The lowest BCUT2D eigenvalue weighted by Gasteiger charge is -2.27. The summed E-state index contributed by atoms with van der Waals surface area (Å²) in [5, 5.41) is 4.40. The lowest BCUT2D eigenvalue weighted by molar-refractivity contribution is -0.120. The van der Waals surface area contributed by atoms with Crippen LogP contribution in [0.1, 0.15) is 13.3 Å². The van der Waals surface area contributed by atoms with E-state index in [2.05, 4.69) is 15.3 Å². The van der Waals surface area contributed by atoms with Crippen LogP contribution in [0.2, 0.25) is 5.02 Å². The summed E-state index contributed by atoms with van der Waals surface area (Å²) in [5.74, 6) is 1.13. The van der Waals surface area contributed by atoms with Gasteiger partial charge >= 0.3 is 0 Å². The molecule has 1 N–H and O–H groups in total. The van der Waals surface area contributed by atoms with Gasteiger partial charge in [-0.1, -0.05) is 18.5 Å². The number of hydrogen-bond acceptors (Lipinski definition) is 8. The molecule has 1 saturated heterocycles. The zero-order valence-electron chi connectivity index (χ0n) is 17.9. The number of ether oxygens (including phenoxy) is 2. The van der Waals surface area contributed by atoms with Crippen LogP contribution in [0.4, 0.5) is 17.5 Å². The Morgan fingerprint density at radius 2 is 2.06 bits per heavy atom. The number of morpholine rings is 1. The third-order valence-electron chi connectivity index (χ3n) is 5.26. The Kier molecular flexibility index (Phi) is 6.57. The van der Waals surface area contributed by atoms with E-state index in [1.807, 2.05) is 23.1 Å². The second-order valence-electron chi connectivity index (χ2n) is 7.42. The molecule has 3 aromatic rings. The van der Waals surface area contributed by atoms with Gasteiger partial charge in [0.1, 0.15) is 11.6 Å². The van der Waals surface area contributed by atoms with Crippen molar-refractivity contribution in [3.8, 4) is 5.75 Å². The first-order chi connectivity index (χ1) is 15.5. The van der Waals surface area contributed by atoms with Crippen molar-refractivity contribution in [2.24, 2.45) is 7.05 Å². The molecule has 1 fully saturated rings. The summed E-state index contributed by atoms with van der Waals surface area (Å²) < 4.78 is 12.4. The molecule has 1 aliphatic heterocycles. The minimum atomic E-state index is -0.295. The van der Waals surface area contributed by atoms with Gasteiger partial charge < -0.3 is 24.3 Å². The zero-order chi connectivity index (χ0) is 22.7. The van der Waals surface area contributed by atoms with Crippen molar-refractivity contribution in [2.45, 2.75) is 13.3 Å². The largest absolute Gasteiger partial charge is 0.480 e. The van der Waals surface area contributed by atoms with Crippen molar-refractivity contribution < 1.29 is 14.3 Å². The topological polar surface area (TPSA) is 98.6 Å². The zero-order valence-corrected chi connectivity index (χ0v) is 18.7. The number of carbonyl (C=O) groups excluding carboxylic acids is 1. The van der Waals surface area contributed by atoms with Crippen LogP contribution in [0.25, 0.3) is 10.9 Å². The molecule has 1 aliphatic rings. The standard InChI is InChI=1S/C22H24ClN5O4/c1-3-16(29)13-32-19-11-14-10-15(4-5-18(14)27(2)21(19)30)25-20-17(23)12-24-22(26-20)28-6-8-31-9-7-28/h4-5,10-12H,3,6-9,13H2,1-2H3,(H,24,25,26). The van der Waals surface area contributed by atoms with E-state index in [1.54, 1.807) is 26.2 Å². The lowest BCUT2D eigenvalue weighted by Crippen LogP contribution is -2.37. The van der Waals surface area contributed by atoms with Crippen LogP contribution < -0.4 is 20.5 Å². The summed E-state index contributed by atoms with van der Waals surface area (Å²) >= 11 is 6.33. The number of pyridine rings is 1. The van der Waals surface area contributed by atoms with Crippen molar-refractivity contribution in [1.82, 2.24) is 14.5 Å². The van der Waals surface area contributed by atoms with Gasteiger partial charge in [0, 0.05) is 37.6 Å². The van der Waals surface area contributed by atoms with Crippen LogP contribution in [-0.2, 0) is 16.6 Å². The number of rotatable bonds is 7. The van der Waals surface area contributed by atoms with E-state index in [0.717, 1.165) is 16.6 Å². The smallest absolute Gasteiger partial charge is 0.293 e. The number of fused-ring (bicyclic) bond motifs is 1. The maximum atomic E-state index is 12.6. The molecule has 0 atom stereocenters. The predicted molar refractivity (Wildman–Crippen MR) is 123 cm³/mol. The number of anilines is 3. The summed E-state index contributed by atoms with van der Waals surface area (Å²) in [6.45, 7) is 4.32. The van der Waals surface area contributed by atoms with Crippen molar-refractivity contribution in [2.75, 3.05) is 43.1 Å². The second-order valence-corrected chi connectivity index (χ2v) is 7.83. The molecule has 9 nitrogen and oxygen atoms in total. The molecule has 10 heteroatoms. The third kappa shape index (κ3) is 4.68. The number of aryl methyl sites for hydroxylation is 1. The molecule has 0 spiro atoms. The van der Waals surface area contributed by atoms with Gasteiger partial charge in [-0.05, 0) is 24.3 Å². The van der Waals surface area contributed by atoms with E-state index in [1.165, 1.54) is 4.57 Å². The molecular weight excluding hydrogens is 434 g/mol. The van der Waals surface area contributed by atoms with Gasteiger partial charge in [-0.15, -0.1) is 0 Å². The summed E-state index contributed by atoms with van der Waals surface area (Å²) in [6.07, 6.45) is 1.93.